The lowest BCUT2D eigenvalue weighted by Crippen LogP contribution is -2.05. The van der Waals surface area contributed by atoms with Crippen LogP contribution >= 0.6 is 0 Å². The molecule has 110 valence electrons. The van der Waals surface area contributed by atoms with Crippen LogP contribution in [0.15, 0.2) is 53.2 Å². The van der Waals surface area contributed by atoms with Crippen LogP contribution in [0.5, 0.6) is 0 Å². The highest BCUT2D eigenvalue weighted by Crippen LogP contribution is 2.18. The zero-order valence-corrected chi connectivity index (χ0v) is 11.9. The second kappa shape index (κ2) is 6.17. The molecule has 0 saturated carbocycles. The topological polar surface area (TPSA) is 78.1 Å². The van der Waals surface area contributed by atoms with Gasteiger partial charge in [-0.1, -0.05) is 17.7 Å². The van der Waals surface area contributed by atoms with E-state index >= 15 is 0 Å². The first-order valence-corrected chi connectivity index (χ1v) is 6.69. The molecule has 3 rings (SSSR count). The molecule has 2 heterocycles. The molecule has 0 N–H and O–H groups in total. The first-order valence-electron chi connectivity index (χ1n) is 6.69. The Balaban J connectivity index is 1.65. The number of aromatic nitrogens is 3. The summed E-state index contributed by atoms with van der Waals surface area (Å²) >= 11 is 0. The maximum absolute atomic E-state index is 11.8. The fourth-order valence-electron chi connectivity index (χ4n) is 1.82. The first kappa shape index (κ1) is 13.9. The normalized spacial score (nSPS) is 10.4. The SMILES string of the molecule is Cc1ccc(-c2nnc(COC(=O)c3ccncc3)o2)cc1. The van der Waals surface area contributed by atoms with Gasteiger partial charge < -0.3 is 9.15 Å². The molecule has 3 aromatic rings. The van der Waals surface area contributed by atoms with Gasteiger partial charge in [-0.15, -0.1) is 10.2 Å². The molecule has 0 aliphatic carbocycles. The zero-order valence-electron chi connectivity index (χ0n) is 11.9. The van der Waals surface area contributed by atoms with Crippen LogP contribution < -0.4 is 0 Å². The minimum Gasteiger partial charge on any atom is -0.452 e. The van der Waals surface area contributed by atoms with E-state index in [0.29, 0.717) is 11.5 Å². The minimum absolute atomic E-state index is 0.0694. The van der Waals surface area contributed by atoms with Crippen LogP contribution in [-0.4, -0.2) is 21.2 Å². The number of rotatable bonds is 4. The molecule has 0 aliphatic heterocycles. The van der Waals surface area contributed by atoms with Crippen molar-refractivity contribution in [2.75, 3.05) is 0 Å². The average Bonchev–Trinajstić information content (AvgIpc) is 3.03. The van der Waals surface area contributed by atoms with Crippen LogP contribution in [0.4, 0.5) is 0 Å². The van der Waals surface area contributed by atoms with Gasteiger partial charge in [0.2, 0.25) is 5.89 Å². The average molecular weight is 295 g/mol. The number of carbonyl (C=O) groups excluding carboxylic acids is 1. The van der Waals surface area contributed by atoms with Crippen molar-refractivity contribution in [3.8, 4) is 11.5 Å². The highest BCUT2D eigenvalue weighted by Gasteiger charge is 2.12. The quantitative estimate of drug-likeness (QED) is 0.689. The van der Waals surface area contributed by atoms with Gasteiger partial charge in [0.25, 0.3) is 5.89 Å². The van der Waals surface area contributed by atoms with E-state index < -0.39 is 5.97 Å². The lowest BCUT2D eigenvalue weighted by molar-refractivity contribution is 0.0438. The smallest absolute Gasteiger partial charge is 0.338 e. The zero-order chi connectivity index (χ0) is 15.4. The summed E-state index contributed by atoms with van der Waals surface area (Å²) in [5.74, 6) is 0.186. The maximum atomic E-state index is 11.8. The van der Waals surface area contributed by atoms with Crippen LogP contribution in [0.25, 0.3) is 11.5 Å². The van der Waals surface area contributed by atoms with E-state index in [4.69, 9.17) is 9.15 Å². The lowest BCUT2D eigenvalue weighted by atomic mass is 10.1. The standard InChI is InChI=1S/C16H13N3O3/c1-11-2-4-12(5-3-11)15-19-18-14(22-15)10-21-16(20)13-6-8-17-9-7-13/h2-9H,10H2,1H3. The van der Waals surface area contributed by atoms with Crippen molar-refractivity contribution in [1.82, 2.24) is 15.2 Å². The fraction of sp³-hybridized carbons (Fsp3) is 0.125. The molecular formula is C16H13N3O3. The predicted octanol–water partition coefficient (Wildman–Crippen LogP) is 2.80. The summed E-state index contributed by atoms with van der Waals surface area (Å²) in [7, 11) is 0. The molecule has 6 heteroatoms. The number of aryl methyl sites for hydroxylation is 1. The lowest BCUT2D eigenvalue weighted by Gasteiger charge is -2.01. The van der Waals surface area contributed by atoms with Gasteiger partial charge in [-0.05, 0) is 31.2 Å². The van der Waals surface area contributed by atoms with E-state index in [9.17, 15) is 4.79 Å². The maximum Gasteiger partial charge on any atom is 0.338 e. The molecule has 0 unspecified atom stereocenters. The monoisotopic (exact) mass is 295 g/mol. The predicted molar refractivity (Wildman–Crippen MR) is 77.8 cm³/mol. The summed E-state index contributed by atoms with van der Waals surface area (Å²) in [6, 6.07) is 10.9. The van der Waals surface area contributed by atoms with Crippen molar-refractivity contribution in [1.29, 1.82) is 0 Å². The Hall–Kier alpha value is -3.02. The van der Waals surface area contributed by atoms with Gasteiger partial charge in [-0.3, -0.25) is 4.98 Å². The van der Waals surface area contributed by atoms with Gasteiger partial charge in [0.05, 0.1) is 5.56 Å². The van der Waals surface area contributed by atoms with E-state index in [0.717, 1.165) is 11.1 Å². The van der Waals surface area contributed by atoms with Crippen molar-refractivity contribution in [3.63, 3.8) is 0 Å². The van der Waals surface area contributed by atoms with E-state index in [1.165, 1.54) is 12.4 Å². The van der Waals surface area contributed by atoms with Gasteiger partial charge in [0.15, 0.2) is 6.61 Å². The van der Waals surface area contributed by atoms with Crippen molar-refractivity contribution in [2.45, 2.75) is 13.5 Å². The Bertz CT molecular complexity index is 767. The van der Waals surface area contributed by atoms with Crippen molar-refractivity contribution >= 4 is 5.97 Å². The van der Waals surface area contributed by atoms with Crippen LogP contribution in [0.3, 0.4) is 0 Å². The number of esters is 1. The van der Waals surface area contributed by atoms with Crippen molar-refractivity contribution < 1.29 is 13.9 Å². The van der Waals surface area contributed by atoms with Crippen molar-refractivity contribution in [2.24, 2.45) is 0 Å². The van der Waals surface area contributed by atoms with Gasteiger partial charge in [-0.25, -0.2) is 4.79 Å². The number of ether oxygens (including phenoxy) is 1. The molecule has 0 spiro atoms. The summed E-state index contributed by atoms with van der Waals surface area (Å²) in [5.41, 5.74) is 2.40. The molecule has 1 aromatic carbocycles. The first-order chi connectivity index (χ1) is 10.7. The number of pyridine rings is 1. The Morgan fingerprint density at radius 3 is 2.55 bits per heavy atom. The van der Waals surface area contributed by atoms with Crippen LogP contribution in [0.1, 0.15) is 21.8 Å². The molecule has 0 aliphatic rings. The Morgan fingerprint density at radius 2 is 1.82 bits per heavy atom. The van der Waals surface area contributed by atoms with Gasteiger partial charge in [-0.2, -0.15) is 0 Å². The minimum atomic E-state index is -0.461. The van der Waals surface area contributed by atoms with Gasteiger partial charge in [0.1, 0.15) is 0 Å². The van der Waals surface area contributed by atoms with E-state index in [1.54, 1.807) is 12.1 Å². The molecule has 0 bridgehead atoms. The molecule has 0 saturated heterocycles. The highest BCUT2D eigenvalue weighted by molar-refractivity contribution is 5.89. The third-order valence-electron chi connectivity index (χ3n) is 3.01. The van der Waals surface area contributed by atoms with E-state index in [1.807, 2.05) is 31.2 Å². The fourth-order valence-corrected chi connectivity index (χ4v) is 1.82. The van der Waals surface area contributed by atoms with Crippen LogP contribution in [0, 0.1) is 6.92 Å². The molecule has 2 aromatic heterocycles. The second-order valence-corrected chi connectivity index (χ2v) is 4.68. The number of hydrogen-bond acceptors (Lipinski definition) is 6. The van der Waals surface area contributed by atoms with E-state index in [2.05, 4.69) is 15.2 Å². The number of benzene rings is 1. The van der Waals surface area contributed by atoms with Crippen LogP contribution in [0.2, 0.25) is 0 Å². The summed E-state index contributed by atoms with van der Waals surface area (Å²) in [6.07, 6.45) is 3.05. The molecule has 0 amide bonds. The third kappa shape index (κ3) is 3.17. The largest absolute Gasteiger partial charge is 0.452 e. The Kier molecular flexibility index (Phi) is 3.91. The van der Waals surface area contributed by atoms with E-state index in [-0.39, 0.29) is 12.5 Å². The molecule has 0 atom stereocenters. The second-order valence-electron chi connectivity index (χ2n) is 4.68. The van der Waals surface area contributed by atoms with Crippen molar-refractivity contribution in [3.05, 3.63) is 65.8 Å². The number of carbonyl (C=O) groups is 1. The molecule has 0 radical (unpaired) electrons. The van der Waals surface area contributed by atoms with Gasteiger partial charge >= 0.3 is 5.97 Å². The molecule has 6 nitrogen and oxygen atoms in total. The van der Waals surface area contributed by atoms with Crippen LogP contribution in [-0.2, 0) is 11.3 Å². The molecule has 22 heavy (non-hydrogen) atoms. The summed E-state index contributed by atoms with van der Waals surface area (Å²) in [6.45, 7) is 1.93. The van der Waals surface area contributed by atoms with Gasteiger partial charge in [0, 0.05) is 18.0 Å². The summed E-state index contributed by atoms with van der Waals surface area (Å²) < 4.78 is 10.6. The highest BCUT2D eigenvalue weighted by atomic mass is 16.5. The molecule has 0 fully saturated rings. The number of hydrogen-bond donors (Lipinski definition) is 0. The summed E-state index contributed by atoms with van der Waals surface area (Å²) in [4.78, 5) is 15.6. The molecular weight excluding hydrogens is 282 g/mol. The Morgan fingerprint density at radius 1 is 1.09 bits per heavy atom. The Labute approximate surface area is 126 Å². The third-order valence-corrected chi connectivity index (χ3v) is 3.01. The number of nitrogens with zero attached hydrogens (tertiary/aromatic N) is 3. The summed E-state index contributed by atoms with van der Waals surface area (Å²) in [5, 5.41) is 7.82.